The third-order valence-corrected chi connectivity index (χ3v) is 3.37. The van der Waals surface area contributed by atoms with Gasteiger partial charge in [0.05, 0.1) is 11.7 Å². The van der Waals surface area contributed by atoms with Crippen molar-refractivity contribution in [2.24, 2.45) is 0 Å². The first kappa shape index (κ1) is 18.5. The number of benzene rings is 2. The Morgan fingerprint density at radius 2 is 1.68 bits per heavy atom. The molecule has 0 unspecified atom stereocenters. The molecule has 0 aliphatic heterocycles. The standard InChI is InChI=1S/C20H22O5/c1-14(2)25-20(22)17-10-8-16(9-11-17)12-24-19(21)13-23-18-7-5-4-6-15(18)3/h4-11,14H,12-13H2,1-3H3. The Bertz CT molecular complexity index is 719. The van der Waals surface area contributed by atoms with Crippen molar-refractivity contribution in [2.75, 3.05) is 6.61 Å². The van der Waals surface area contributed by atoms with E-state index in [1.54, 1.807) is 44.2 Å². The molecule has 0 aliphatic carbocycles. The van der Waals surface area contributed by atoms with Crippen LogP contribution in [0.5, 0.6) is 5.75 Å². The average Bonchev–Trinajstić information content (AvgIpc) is 2.59. The summed E-state index contributed by atoms with van der Waals surface area (Å²) in [4.78, 5) is 23.5. The Hall–Kier alpha value is -2.82. The van der Waals surface area contributed by atoms with E-state index >= 15 is 0 Å². The number of ether oxygens (including phenoxy) is 3. The molecule has 2 aromatic rings. The van der Waals surface area contributed by atoms with Crippen LogP contribution in [0.4, 0.5) is 0 Å². The van der Waals surface area contributed by atoms with E-state index in [1.165, 1.54) is 0 Å². The third-order valence-electron chi connectivity index (χ3n) is 3.37. The normalized spacial score (nSPS) is 10.4. The molecule has 0 saturated heterocycles. The summed E-state index contributed by atoms with van der Waals surface area (Å²) in [5, 5.41) is 0. The molecule has 0 amide bonds. The predicted molar refractivity (Wildman–Crippen MR) is 93.5 cm³/mol. The molecular formula is C20H22O5. The van der Waals surface area contributed by atoms with Crippen LogP contribution in [-0.2, 0) is 20.9 Å². The van der Waals surface area contributed by atoms with Gasteiger partial charge in [0.1, 0.15) is 12.4 Å². The lowest BCUT2D eigenvalue weighted by Gasteiger charge is -2.10. The van der Waals surface area contributed by atoms with Gasteiger partial charge in [0.15, 0.2) is 6.61 Å². The Labute approximate surface area is 147 Å². The van der Waals surface area contributed by atoms with Gasteiger partial charge in [-0.15, -0.1) is 0 Å². The molecule has 2 aromatic carbocycles. The summed E-state index contributed by atoms with van der Waals surface area (Å²) in [5.74, 6) is -0.163. The molecule has 0 aliphatic rings. The zero-order valence-electron chi connectivity index (χ0n) is 14.7. The third kappa shape index (κ3) is 5.95. The molecule has 0 fully saturated rings. The summed E-state index contributed by atoms with van der Waals surface area (Å²) >= 11 is 0. The summed E-state index contributed by atoms with van der Waals surface area (Å²) < 4.78 is 15.7. The molecular weight excluding hydrogens is 320 g/mol. The van der Waals surface area contributed by atoms with E-state index in [1.807, 2.05) is 25.1 Å². The van der Waals surface area contributed by atoms with Crippen LogP contribution in [0, 0.1) is 6.92 Å². The van der Waals surface area contributed by atoms with E-state index in [0.717, 1.165) is 11.1 Å². The largest absolute Gasteiger partial charge is 0.482 e. The Morgan fingerprint density at radius 1 is 1.00 bits per heavy atom. The van der Waals surface area contributed by atoms with Crippen LogP contribution in [0.25, 0.3) is 0 Å². The molecule has 0 spiro atoms. The first-order valence-electron chi connectivity index (χ1n) is 8.09. The number of hydrogen-bond acceptors (Lipinski definition) is 5. The lowest BCUT2D eigenvalue weighted by molar-refractivity contribution is -0.147. The number of carbonyl (C=O) groups excluding carboxylic acids is 2. The van der Waals surface area contributed by atoms with Gasteiger partial charge in [0, 0.05) is 0 Å². The number of esters is 2. The highest BCUT2D eigenvalue weighted by Crippen LogP contribution is 2.16. The van der Waals surface area contributed by atoms with Crippen LogP contribution in [-0.4, -0.2) is 24.6 Å². The fourth-order valence-electron chi connectivity index (χ4n) is 2.08. The quantitative estimate of drug-likeness (QED) is 0.718. The van der Waals surface area contributed by atoms with Crippen molar-refractivity contribution in [1.29, 1.82) is 0 Å². The van der Waals surface area contributed by atoms with Crippen LogP contribution in [0.3, 0.4) is 0 Å². The van der Waals surface area contributed by atoms with Gasteiger partial charge >= 0.3 is 11.9 Å². The summed E-state index contributed by atoms with van der Waals surface area (Å²) in [7, 11) is 0. The van der Waals surface area contributed by atoms with E-state index in [4.69, 9.17) is 14.2 Å². The van der Waals surface area contributed by atoms with Gasteiger partial charge in [0.2, 0.25) is 0 Å². The number of carbonyl (C=O) groups is 2. The highest BCUT2D eigenvalue weighted by atomic mass is 16.6. The molecule has 25 heavy (non-hydrogen) atoms. The van der Waals surface area contributed by atoms with Gasteiger partial charge in [-0.05, 0) is 50.1 Å². The van der Waals surface area contributed by atoms with Crippen molar-refractivity contribution in [3.05, 3.63) is 65.2 Å². The van der Waals surface area contributed by atoms with Gasteiger partial charge in [-0.25, -0.2) is 9.59 Å². The van der Waals surface area contributed by atoms with E-state index in [0.29, 0.717) is 11.3 Å². The average molecular weight is 342 g/mol. The molecule has 0 aromatic heterocycles. The molecule has 5 heteroatoms. The Kier molecular flexibility index (Phi) is 6.57. The van der Waals surface area contributed by atoms with Crippen molar-refractivity contribution in [3.63, 3.8) is 0 Å². The van der Waals surface area contributed by atoms with Crippen molar-refractivity contribution in [1.82, 2.24) is 0 Å². The van der Waals surface area contributed by atoms with Crippen LogP contribution in [0.2, 0.25) is 0 Å². The Balaban J connectivity index is 1.79. The zero-order chi connectivity index (χ0) is 18.2. The number of para-hydroxylation sites is 1. The molecule has 0 bridgehead atoms. The Morgan fingerprint density at radius 3 is 2.32 bits per heavy atom. The maximum Gasteiger partial charge on any atom is 0.344 e. The fourth-order valence-corrected chi connectivity index (χ4v) is 2.08. The first-order chi connectivity index (χ1) is 12.0. The van der Waals surface area contributed by atoms with Crippen molar-refractivity contribution in [3.8, 4) is 5.75 Å². The summed E-state index contributed by atoms with van der Waals surface area (Å²) in [6, 6.07) is 14.2. The second kappa shape index (κ2) is 8.87. The van der Waals surface area contributed by atoms with E-state index in [9.17, 15) is 9.59 Å². The van der Waals surface area contributed by atoms with Crippen molar-refractivity contribution < 1.29 is 23.8 Å². The highest BCUT2D eigenvalue weighted by molar-refractivity contribution is 5.89. The topological polar surface area (TPSA) is 61.8 Å². The first-order valence-corrected chi connectivity index (χ1v) is 8.09. The molecule has 0 saturated carbocycles. The monoisotopic (exact) mass is 342 g/mol. The lowest BCUT2D eigenvalue weighted by Crippen LogP contribution is -2.15. The van der Waals surface area contributed by atoms with E-state index in [2.05, 4.69) is 0 Å². The number of rotatable bonds is 7. The molecule has 132 valence electrons. The molecule has 0 radical (unpaired) electrons. The van der Waals surface area contributed by atoms with Crippen LogP contribution in [0.1, 0.15) is 35.3 Å². The second-order valence-corrected chi connectivity index (χ2v) is 5.87. The molecule has 0 heterocycles. The van der Waals surface area contributed by atoms with Crippen LogP contribution < -0.4 is 4.74 Å². The minimum atomic E-state index is -0.452. The SMILES string of the molecule is Cc1ccccc1OCC(=O)OCc1ccc(C(=O)OC(C)C)cc1. The second-order valence-electron chi connectivity index (χ2n) is 5.87. The number of aryl methyl sites for hydroxylation is 1. The van der Waals surface area contributed by atoms with Crippen molar-refractivity contribution >= 4 is 11.9 Å². The van der Waals surface area contributed by atoms with E-state index < -0.39 is 5.97 Å². The predicted octanol–water partition coefficient (Wildman–Crippen LogP) is 3.68. The summed E-state index contributed by atoms with van der Waals surface area (Å²) in [6.07, 6.45) is -0.165. The smallest absolute Gasteiger partial charge is 0.344 e. The zero-order valence-corrected chi connectivity index (χ0v) is 14.7. The van der Waals surface area contributed by atoms with Gasteiger partial charge in [0.25, 0.3) is 0 Å². The maximum absolute atomic E-state index is 11.8. The summed E-state index contributed by atoms with van der Waals surface area (Å²) in [5.41, 5.74) is 2.20. The van der Waals surface area contributed by atoms with Gasteiger partial charge in [-0.1, -0.05) is 30.3 Å². The fraction of sp³-hybridized carbons (Fsp3) is 0.300. The lowest BCUT2D eigenvalue weighted by atomic mass is 10.1. The molecule has 0 atom stereocenters. The summed E-state index contributed by atoms with van der Waals surface area (Å²) in [6.45, 7) is 5.47. The van der Waals surface area contributed by atoms with Gasteiger partial charge < -0.3 is 14.2 Å². The number of hydrogen-bond donors (Lipinski definition) is 0. The highest BCUT2D eigenvalue weighted by Gasteiger charge is 2.10. The minimum Gasteiger partial charge on any atom is -0.482 e. The van der Waals surface area contributed by atoms with E-state index in [-0.39, 0.29) is 25.3 Å². The van der Waals surface area contributed by atoms with Gasteiger partial charge in [-0.3, -0.25) is 0 Å². The molecule has 2 rings (SSSR count). The molecule has 0 N–H and O–H groups in total. The molecule has 5 nitrogen and oxygen atoms in total. The van der Waals surface area contributed by atoms with Gasteiger partial charge in [-0.2, -0.15) is 0 Å². The minimum absolute atomic E-state index is 0.121. The van der Waals surface area contributed by atoms with Crippen molar-refractivity contribution in [2.45, 2.75) is 33.5 Å². The van der Waals surface area contributed by atoms with Crippen LogP contribution in [0.15, 0.2) is 48.5 Å². The maximum atomic E-state index is 11.8. The van der Waals surface area contributed by atoms with Crippen LogP contribution >= 0.6 is 0 Å².